The summed E-state index contributed by atoms with van der Waals surface area (Å²) in [6, 6.07) is 7.91. The molecule has 1 saturated heterocycles. The molecule has 0 radical (unpaired) electrons. The molecule has 126 valence electrons. The fraction of sp³-hybridized carbons (Fsp3) is 0.389. The predicted octanol–water partition coefficient (Wildman–Crippen LogP) is 3.01. The van der Waals surface area contributed by atoms with Crippen LogP contribution in [-0.2, 0) is 0 Å². The third kappa shape index (κ3) is 3.91. The summed E-state index contributed by atoms with van der Waals surface area (Å²) in [7, 11) is 0. The van der Waals surface area contributed by atoms with Crippen LogP contribution in [0, 0.1) is 6.92 Å². The van der Waals surface area contributed by atoms with Gasteiger partial charge in [-0.1, -0.05) is 29.8 Å². The minimum atomic E-state index is -0.209. The number of hydrogen-bond donors (Lipinski definition) is 1. The molecule has 2 heterocycles. The Morgan fingerprint density at radius 3 is 2.67 bits per heavy atom. The van der Waals surface area contributed by atoms with E-state index in [1.54, 1.807) is 6.20 Å². The molecule has 1 aliphatic rings. The first-order chi connectivity index (χ1) is 11.6. The summed E-state index contributed by atoms with van der Waals surface area (Å²) in [5.74, 6) is -0.209. The first-order valence-electron chi connectivity index (χ1n) is 8.20. The normalized spacial score (nSPS) is 16.1. The lowest BCUT2D eigenvalue weighted by Gasteiger charge is -2.28. The number of halogens is 1. The van der Waals surface area contributed by atoms with E-state index >= 15 is 0 Å². The van der Waals surface area contributed by atoms with E-state index in [0.717, 1.165) is 29.4 Å². The van der Waals surface area contributed by atoms with E-state index in [1.807, 2.05) is 31.2 Å². The van der Waals surface area contributed by atoms with Crippen LogP contribution in [0.3, 0.4) is 0 Å². The number of likely N-dealkylation sites (tertiary alicyclic amines) is 1. The summed E-state index contributed by atoms with van der Waals surface area (Å²) in [6.07, 6.45) is 5.46. The van der Waals surface area contributed by atoms with Gasteiger partial charge in [0.15, 0.2) is 0 Å². The quantitative estimate of drug-likeness (QED) is 0.905. The molecule has 6 heteroatoms. The van der Waals surface area contributed by atoms with Crippen LogP contribution in [0.2, 0.25) is 5.02 Å². The van der Waals surface area contributed by atoms with E-state index in [0.29, 0.717) is 12.2 Å². The van der Waals surface area contributed by atoms with Gasteiger partial charge in [0.2, 0.25) is 0 Å². The van der Waals surface area contributed by atoms with Crippen molar-refractivity contribution in [3.63, 3.8) is 0 Å². The second-order valence-electron chi connectivity index (χ2n) is 6.03. The molecule has 0 saturated carbocycles. The number of rotatable bonds is 5. The Kier molecular flexibility index (Phi) is 5.43. The van der Waals surface area contributed by atoms with E-state index in [2.05, 4.69) is 20.2 Å². The molecular formula is C18H21ClN4O. The highest BCUT2D eigenvalue weighted by atomic mass is 35.5. The smallest absolute Gasteiger partial charge is 0.271 e. The average molecular weight is 345 g/mol. The van der Waals surface area contributed by atoms with Gasteiger partial charge in [0.05, 0.1) is 17.9 Å². The summed E-state index contributed by atoms with van der Waals surface area (Å²) in [4.78, 5) is 23.0. The number of aryl methyl sites for hydroxylation is 1. The first kappa shape index (κ1) is 16.9. The second kappa shape index (κ2) is 7.73. The van der Waals surface area contributed by atoms with Crippen LogP contribution in [-0.4, -0.2) is 40.4 Å². The van der Waals surface area contributed by atoms with Gasteiger partial charge in [-0.2, -0.15) is 0 Å². The maximum Gasteiger partial charge on any atom is 0.271 e. The van der Waals surface area contributed by atoms with Gasteiger partial charge in [-0.3, -0.25) is 14.7 Å². The molecule has 1 N–H and O–H groups in total. The Morgan fingerprint density at radius 1 is 1.25 bits per heavy atom. The lowest BCUT2D eigenvalue weighted by molar-refractivity contribution is 0.0932. The lowest BCUT2D eigenvalue weighted by atomic mass is 10.1. The van der Waals surface area contributed by atoms with Crippen molar-refractivity contribution < 1.29 is 4.79 Å². The van der Waals surface area contributed by atoms with Crippen molar-refractivity contribution in [3.05, 3.63) is 58.6 Å². The van der Waals surface area contributed by atoms with Crippen molar-refractivity contribution >= 4 is 17.5 Å². The number of amides is 1. The monoisotopic (exact) mass is 344 g/mol. The van der Waals surface area contributed by atoms with Gasteiger partial charge in [-0.25, -0.2) is 4.98 Å². The summed E-state index contributed by atoms with van der Waals surface area (Å²) in [5, 5.41) is 3.71. The number of hydrogen-bond acceptors (Lipinski definition) is 4. The van der Waals surface area contributed by atoms with Crippen LogP contribution < -0.4 is 5.32 Å². The molecule has 1 aromatic heterocycles. The van der Waals surface area contributed by atoms with Gasteiger partial charge < -0.3 is 5.32 Å². The molecule has 0 bridgehead atoms. The Morgan fingerprint density at radius 2 is 2.00 bits per heavy atom. The highest BCUT2D eigenvalue weighted by Crippen LogP contribution is 2.29. The van der Waals surface area contributed by atoms with Gasteiger partial charge in [0.25, 0.3) is 5.91 Å². The van der Waals surface area contributed by atoms with Crippen LogP contribution in [0.5, 0.6) is 0 Å². The molecule has 24 heavy (non-hydrogen) atoms. The van der Waals surface area contributed by atoms with Crippen molar-refractivity contribution in [2.75, 3.05) is 19.6 Å². The maximum atomic E-state index is 12.3. The number of nitrogens with zero attached hydrogens (tertiary/aromatic N) is 3. The van der Waals surface area contributed by atoms with E-state index < -0.39 is 0 Å². The maximum absolute atomic E-state index is 12.3. The fourth-order valence-electron chi connectivity index (χ4n) is 3.02. The molecular weight excluding hydrogens is 324 g/mol. The van der Waals surface area contributed by atoms with Gasteiger partial charge in [-0.15, -0.1) is 0 Å². The van der Waals surface area contributed by atoms with Gasteiger partial charge in [-0.05, 0) is 44.5 Å². The fourth-order valence-corrected chi connectivity index (χ4v) is 3.29. The summed E-state index contributed by atoms with van der Waals surface area (Å²) in [5.41, 5.74) is 2.17. The third-order valence-electron chi connectivity index (χ3n) is 4.32. The average Bonchev–Trinajstić information content (AvgIpc) is 3.11. The van der Waals surface area contributed by atoms with Crippen LogP contribution in [0.25, 0.3) is 0 Å². The second-order valence-corrected chi connectivity index (χ2v) is 6.44. The third-order valence-corrected chi connectivity index (χ3v) is 4.66. The number of benzene rings is 1. The van der Waals surface area contributed by atoms with Crippen molar-refractivity contribution in [2.24, 2.45) is 0 Å². The summed E-state index contributed by atoms with van der Waals surface area (Å²) in [6.45, 7) is 4.39. The zero-order valence-corrected chi connectivity index (χ0v) is 14.5. The van der Waals surface area contributed by atoms with Crippen molar-refractivity contribution in [1.29, 1.82) is 0 Å². The largest absolute Gasteiger partial charge is 0.349 e. The Bertz CT molecular complexity index is 698. The van der Waals surface area contributed by atoms with Crippen LogP contribution in [0.1, 0.15) is 40.6 Å². The minimum Gasteiger partial charge on any atom is -0.349 e. The van der Waals surface area contributed by atoms with Crippen molar-refractivity contribution in [2.45, 2.75) is 25.8 Å². The Labute approximate surface area is 147 Å². The Hall–Kier alpha value is -1.98. The molecule has 1 aliphatic heterocycles. The van der Waals surface area contributed by atoms with E-state index in [9.17, 15) is 4.79 Å². The molecule has 1 amide bonds. The lowest BCUT2D eigenvalue weighted by Crippen LogP contribution is -2.37. The molecule has 1 aromatic carbocycles. The van der Waals surface area contributed by atoms with E-state index in [4.69, 9.17) is 11.6 Å². The van der Waals surface area contributed by atoms with Crippen molar-refractivity contribution in [1.82, 2.24) is 20.2 Å². The molecule has 0 unspecified atom stereocenters. The highest BCUT2D eigenvalue weighted by Gasteiger charge is 2.25. The standard InChI is InChI=1S/C18H21ClN4O/c1-13-10-21-16(11-20-13)18(24)22-12-17(23-8-4-5-9-23)14-6-2-3-7-15(14)19/h2-3,6-7,10-11,17H,4-5,8-9,12H2,1H3,(H,22,24)/t17-/m1/s1. The summed E-state index contributed by atoms with van der Waals surface area (Å²) >= 11 is 6.39. The molecule has 0 spiro atoms. The van der Waals surface area contributed by atoms with Crippen LogP contribution in [0.15, 0.2) is 36.7 Å². The molecule has 1 fully saturated rings. The molecule has 0 aliphatic carbocycles. The highest BCUT2D eigenvalue weighted by molar-refractivity contribution is 6.31. The Balaban J connectivity index is 1.73. The SMILES string of the molecule is Cc1cnc(C(=O)NC[C@H](c2ccccc2Cl)N2CCCC2)cn1. The van der Waals surface area contributed by atoms with Gasteiger partial charge in [0, 0.05) is 17.8 Å². The van der Waals surface area contributed by atoms with Gasteiger partial charge in [0.1, 0.15) is 5.69 Å². The minimum absolute atomic E-state index is 0.0727. The number of nitrogens with one attached hydrogen (secondary N) is 1. The number of aromatic nitrogens is 2. The summed E-state index contributed by atoms with van der Waals surface area (Å²) < 4.78 is 0. The van der Waals surface area contributed by atoms with Crippen LogP contribution in [0.4, 0.5) is 0 Å². The molecule has 5 nitrogen and oxygen atoms in total. The molecule has 2 aromatic rings. The predicted molar refractivity (Wildman–Crippen MR) is 94.1 cm³/mol. The zero-order chi connectivity index (χ0) is 16.9. The number of carbonyl (C=O) groups is 1. The zero-order valence-electron chi connectivity index (χ0n) is 13.7. The number of carbonyl (C=O) groups excluding carboxylic acids is 1. The van der Waals surface area contributed by atoms with Crippen molar-refractivity contribution in [3.8, 4) is 0 Å². The van der Waals surface area contributed by atoms with E-state index in [1.165, 1.54) is 19.0 Å². The van der Waals surface area contributed by atoms with E-state index in [-0.39, 0.29) is 11.9 Å². The topological polar surface area (TPSA) is 58.1 Å². The molecule has 1 atom stereocenters. The van der Waals surface area contributed by atoms with Crippen LogP contribution >= 0.6 is 11.6 Å². The molecule has 3 rings (SSSR count). The van der Waals surface area contributed by atoms with Gasteiger partial charge >= 0.3 is 0 Å². The first-order valence-corrected chi connectivity index (χ1v) is 8.58.